The number of methoxy groups -OCH3 is 1. The topological polar surface area (TPSA) is 88.8 Å². The van der Waals surface area contributed by atoms with Gasteiger partial charge >= 0.3 is 0 Å². The molecule has 27 heavy (non-hydrogen) atoms. The summed E-state index contributed by atoms with van der Waals surface area (Å²) in [5.74, 6) is 2.68. The lowest BCUT2D eigenvalue weighted by Gasteiger charge is -2.27. The first-order valence-corrected chi connectivity index (χ1v) is 9.97. The number of aromatic nitrogens is 3. The largest absolute Gasteiger partial charge is 0.379 e. The number of nitrogens with zero attached hydrogens (tertiary/aromatic N) is 5. The van der Waals surface area contributed by atoms with E-state index in [2.05, 4.69) is 30.6 Å². The Morgan fingerprint density at radius 1 is 1.33 bits per heavy atom. The zero-order chi connectivity index (χ0) is 18.9. The molecular weight excluding hydrogens is 346 g/mol. The van der Waals surface area contributed by atoms with Gasteiger partial charge in [-0.25, -0.2) is 9.67 Å². The summed E-state index contributed by atoms with van der Waals surface area (Å²) >= 11 is 0. The summed E-state index contributed by atoms with van der Waals surface area (Å²) in [5, 5.41) is 11.5. The Hall–Kier alpha value is -1.71. The van der Waals surface area contributed by atoms with E-state index < -0.39 is 0 Å². The third-order valence-corrected chi connectivity index (χ3v) is 5.04. The Labute approximate surface area is 161 Å². The first-order chi connectivity index (χ1) is 13.3. The number of unbranched alkanes of at least 4 members (excludes halogenated alkanes) is 1. The number of aliphatic imine (C=N–C) groups is 1. The van der Waals surface area contributed by atoms with Crippen LogP contribution in [0.15, 0.2) is 4.99 Å². The average molecular weight is 380 g/mol. The minimum atomic E-state index is 0.314. The van der Waals surface area contributed by atoms with E-state index in [0.29, 0.717) is 12.6 Å². The second kappa shape index (κ2) is 10.6. The normalized spacial score (nSPS) is 21.1. The van der Waals surface area contributed by atoms with E-state index in [-0.39, 0.29) is 0 Å². The van der Waals surface area contributed by atoms with Crippen LogP contribution >= 0.6 is 0 Å². The summed E-state index contributed by atoms with van der Waals surface area (Å²) in [6.07, 6.45) is 4.28. The molecule has 2 N–H and O–H groups in total. The third-order valence-electron chi connectivity index (χ3n) is 5.04. The maximum absolute atomic E-state index is 5.39. The van der Waals surface area contributed by atoms with Crippen LogP contribution in [0, 0.1) is 0 Å². The molecule has 1 aromatic rings. The van der Waals surface area contributed by atoms with E-state index in [1.807, 2.05) is 11.7 Å². The fraction of sp³-hybridized carbons (Fsp3) is 0.833. The minimum absolute atomic E-state index is 0.314. The van der Waals surface area contributed by atoms with Crippen molar-refractivity contribution in [1.82, 2.24) is 30.3 Å². The summed E-state index contributed by atoms with van der Waals surface area (Å²) in [6.45, 7) is 7.23. The molecule has 0 radical (unpaired) electrons. The Balaban J connectivity index is 1.35. The molecule has 0 saturated carbocycles. The van der Waals surface area contributed by atoms with E-state index in [0.717, 1.165) is 82.8 Å². The molecule has 3 heterocycles. The van der Waals surface area contributed by atoms with Gasteiger partial charge in [0.2, 0.25) is 0 Å². The highest BCUT2D eigenvalue weighted by atomic mass is 16.5. The van der Waals surface area contributed by atoms with Crippen LogP contribution < -0.4 is 10.6 Å². The Morgan fingerprint density at radius 2 is 2.19 bits per heavy atom. The lowest BCUT2D eigenvalue weighted by atomic mass is 10.1. The standard InChI is InChI=1S/C18H33N7O2/c1-19-18(20-7-3-4-8-24-9-11-27-12-10-24)21-15-5-6-17-22-16(14-26-2)23-25(17)13-15/h15H,3-14H2,1-2H3,(H2,19,20,21). The van der Waals surface area contributed by atoms with E-state index in [9.17, 15) is 0 Å². The molecule has 0 bridgehead atoms. The van der Waals surface area contributed by atoms with Crippen LogP contribution in [0.5, 0.6) is 0 Å². The number of ether oxygens (including phenoxy) is 2. The summed E-state index contributed by atoms with van der Waals surface area (Å²) in [5.41, 5.74) is 0. The highest BCUT2D eigenvalue weighted by molar-refractivity contribution is 5.79. The van der Waals surface area contributed by atoms with Crippen LogP contribution in [-0.4, -0.2) is 85.2 Å². The van der Waals surface area contributed by atoms with Gasteiger partial charge in [-0.05, 0) is 25.8 Å². The third kappa shape index (κ3) is 6.15. The van der Waals surface area contributed by atoms with Gasteiger partial charge in [0.05, 0.1) is 19.8 Å². The molecule has 9 nitrogen and oxygen atoms in total. The van der Waals surface area contributed by atoms with Gasteiger partial charge in [-0.3, -0.25) is 9.89 Å². The molecule has 9 heteroatoms. The number of hydrogen-bond acceptors (Lipinski definition) is 6. The zero-order valence-corrected chi connectivity index (χ0v) is 16.6. The molecule has 2 aliphatic rings. The van der Waals surface area contributed by atoms with Gasteiger partial charge in [-0.15, -0.1) is 0 Å². The molecule has 0 spiro atoms. The molecule has 1 saturated heterocycles. The van der Waals surface area contributed by atoms with Crippen LogP contribution in [-0.2, 0) is 29.0 Å². The van der Waals surface area contributed by atoms with Crippen molar-refractivity contribution in [2.45, 2.75) is 44.9 Å². The summed E-state index contributed by atoms with van der Waals surface area (Å²) < 4.78 is 12.5. The molecule has 3 rings (SSSR count). The molecule has 152 valence electrons. The molecule has 1 atom stereocenters. The molecule has 2 aliphatic heterocycles. The lowest BCUT2D eigenvalue weighted by Crippen LogP contribution is -2.47. The van der Waals surface area contributed by atoms with Crippen LogP contribution in [0.1, 0.15) is 30.9 Å². The number of morpholine rings is 1. The Kier molecular flexibility index (Phi) is 7.85. The van der Waals surface area contributed by atoms with Crippen molar-refractivity contribution in [3.63, 3.8) is 0 Å². The number of rotatable bonds is 8. The number of nitrogens with one attached hydrogen (secondary N) is 2. The van der Waals surface area contributed by atoms with E-state index in [1.165, 1.54) is 6.42 Å². The molecule has 1 aromatic heterocycles. The molecule has 1 fully saturated rings. The molecule has 0 amide bonds. The molecular formula is C18H33N7O2. The van der Waals surface area contributed by atoms with Gasteiger partial charge < -0.3 is 20.1 Å². The predicted molar refractivity (Wildman–Crippen MR) is 104 cm³/mol. The van der Waals surface area contributed by atoms with Gasteiger partial charge in [0.25, 0.3) is 0 Å². The van der Waals surface area contributed by atoms with Crippen molar-refractivity contribution in [2.24, 2.45) is 4.99 Å². The first-order valence-electron chi connectivity index (χ1n) is 9.97. The number of guanidine groups is 1. The maximum atomic E-state index is 5.39. The summed E-state index contributed by atoms with van der Waals surface area (Å²) in [7, 11) is 3.49. The Bertz CT molecular complexity index is 599. The van der Waals surface area contributed by atoms with E-state index in [1.54, 1.807) is 7.11 Å². The van der Waals surface area contributed by atoms with Crippen LogP contribution in [0.4, 0.5) is 0 Å². The second-order valence-corrected chi connectivity index (χ2v) is 7.10. The van der Waals surface area contributed by atoms with Crippen molar-refractivity contribution in [2.75, 3.05) is 53.6 Å². The summed E-state index contributed by atoms with van der Waals surface area (Å²) in [4.78, 5) is 11.4. The quantitative estimate of drug-likeness (QED) is 0.374. The van der Waals surface area contributed by atoms with Crippen molar-refractivity contribution in [3.05, 3.63) is 11.6 Å². The van der Waals surface area contributed by atoms with Gasteiger partial charge in [-0.1, -0.05) is 0 Å². The lowest BCUT2D eigenvalue weighted by molar-refractivity contribution is 0.0372. The average Bonchev–Trinajstić information content (AvgIpc) is 3.09. The van der Waals surface area contributed by atoms with Crippen LogP contribution in [0.2, 0.25) is 0 Å². The van der Waals surface area contributed by atoms with Crippen LogP contribution in [0.3, 0.4) is 0 Å². The number of aryl methyl sites for hydroxylation is 1. The monoisotopic (exact) mass is 379 g/mol. The van der Waals surface area contributed by atoms with Gasteiger partial charge in [0.15, 0.2) is 11.8 Å². The van der Waals surface area contributed by atoms with Crippen molar-refractivity contribution in [3.8, 4) is 0 Å². The number of hydrogen-bond donors (Lipinski definition) is 2. The highest BCUT2D eigenvalue weighted by Gasteiger charge is 2.22. The fourth-order valence-corrected chi connectivity index (χ4v) is 3.55. The Morgan fingerprint density at radius 3 is 2.96 bits per heavy atom. The maximum Gasteiger partial charge on any atom is 0.191 e. The smallest absolute Gasteiger partial charge is 0.191 e. The van der Waals surface area contributed by atoms with E-state index >= 15 is 0 Å². The van der Waals surface area contributed by atoms with Crippen molar-refractivity contribution in [1.29, 1.82) is 0 Å². The summed E-state index contributed by atoms with van der Waals surface area (Å²) in [6, 6.07) is 0.314. The minimum Gasteiger partial charge on any atom is -0.379 e. The molecule has 1 unspecified atom stereocenters. The van der Waals surface area contributed by atoms with Gasteiger partial charge in [-0.2, -0.15) is 5.10 Å². The van der Waals surface area contributed by atoms with E-state index in [4.69, 9.17) is 9.47 Å². The van der Waals surface area contributed by atoms with Crippen molar-refractivity contribution >= 4 is 5.96 Å². The zero-order valence-electron chi connectivity index (χ0n) is 16.6. The molecule has 0 aromatic carbocycles. The van der Waals surface area contributed by atoms with Gasteiger partial charge in [0.1, 0.15) is 12.4 Å². The predicted octanol–water partition coefficient (Wildman–Crippen LogP) is 0.0167. The fourth-order valence-electron chi connectivity index (χ4n) is 3.55. The van der Waals surface area contributed by atoms with Gasteiger partial charge in [0, 0.05) is 46.3 Å². The van der Waals surface area contributed by atoms with Crippen molar-refractivity contribution < 1.29 is 9.47 Å². The second-order valence-electron chi connectivity index (χ2n) is 7.10. The number of fused-ring (bicyclic) bond motifs is 1. The SMILES string of the molecule is CN=C(NCCCCN1CCOCC1)NC1CCc2nc(COC)nn2C1. The van der Waals surface area contributed by atoms with Crippen LogP contribution in [0.25, 0.3) is 0 Å². The highest BCUT2D eigenvalue weighted by Crippen LogP contribution is 2.13. The molecule has 0 aliphatic carbocycles. The first kappa shape index (κ1) is 20.0.